The molecule has 0 radical (unpaired) electrons. The number of nitrogens with zero attached hydrogens (tertiary/aromatic N) is 2. The lowest BCUT2D eigenvalue weighted by molar-refractivity contribution is -0.114. The Morgan fingerprint density at radius 1 is 1.41 bits per heavy atom. The number of hydrogen-bond donors (Lipinski definition) is 1. The molecule has 2 rings (SSSR count). The molecule has 1 aromatic heterocycles. The maximum Gasteiger partial charge on any atom is 0.141 e. The summed E-state index contributed by atoms with van der Waals surface area (Å²) in [5.41, 5.74) is 0.199. The van der Waals surface area contributed by atoms with E-state index >= 15 is 0 Å². The molecule has 1 aromatic rings. The molecule has 4 nitrogen and oxygen atoms in total. The first-order valence-corrected chi connectivity index (χ1v) is 6.25. The van der Waals surface area contributed by atoms with Gasteiger partial charge in [-0.15, -0.1) is 0 Å². The van der Waals surface area contributed by atoms with E-state index in [1.807, 2.05) is 6.07 Å². The average molecular weight is 235 g/mol. The Kier molecular flexibility index (Phi) is 3.74. The largest absolute Gasteiger partial charge is 0.378 e. The van der Waals surface area contributed by atoms with Crippen molar-refractivity contribution >= 4 is 0 Å². The van der Waals surface area contributed by atoms with Crippen molar-refractivity contribution in [2.75, 3.05) is 6.61 Å². The molecule has 1 heterocycles. The summed E-state index contributed by atoms with van der Waals surface area (Å²) in [6.07, 6.45) is 5.01. The minimum Gasteiger partial charge on any atom is -0.378 e. The van der Waals surface area contributed by atoms with Crippen molar-refractivity contribution in [3.05, 3.63) is 24.3 Å². The summed E-state index contributed by atoms with van der Waals surface area (Å²) in [4.78, 5) is 8.41. The Morgan fingerprint density at radius 3 is 2.71 bits per heavy atom. The average Bonchev–Trinajstić information content (AvgIpc) is 2.34. The maximum atomic E-state index is 5.70. The Hall–Kier alpha value is -1.00. The molecule has 2 unspecified atom stereocenters. The lowest BCUT2D eigenvalue weighted by Gasteiger charge is -2.51. The lowest BCUT2D eigenvalue weighted by atomic mass is 9.64. The van der Waals surface area contributed by atoms with Gasteiger partial charge in [0.1, 0.15) is 5.82 Å². The first-order chi connectivity index (χ1) is 8.14. The standard InChI is InChI=1S/C13H21N3O/c1-4-17-11-8-10(13(11,2)3)16-9-12-14-6-5-7-15-12/h5-7,10-11,16H,4,8-9H2,1-3H3. The molecule has 1 saturated carbocycles. The molecule has 2 atom stereocenters. The Balaban J connectivity index is 1.82. The highest BCUT2D eigenvalue weighted by Crippen LogP contribution is 2.42. The van der Waals surface area contributed by atoms with Gasteiger partial charge in [0.2, 0.25) is 0 Å². The van der Waals surface area contributed by atoms with Crippen molar-refractivity contribution in [2.24, 2.45) is 5.41 Å². The van der Waals surface area contributed by atoms with Gasteiger partial charge in [-0.1, -0.05) is 13.8 Å². The van der Waals surface area contributed by atoms with Crippen LogP contribution in [0.15, 0.2) is 18.5 Å². The summed E-state index contributed by atoms with van der Waals surface area (Å²) in [5, 5.41) is 3.51. The van der Waals surface area contributed by atoms with Gasteiger partial charge in [-0.05, 0) is 19.4 Å². The van der Waals surface area contributed by atoms with Crippen LogP contribution in [0.1, 0.15) is 33.0 Å². The summed E-state index contributed by atoms with van der Waals surface area (Å²) < 4.78 is 5.70. The lowest BCUT2D eigenvalue weighted by Crippen LogP contribution is -2.60. The molecule has 1 aliphatic rings. The highest BCUT2D eigenvalue weighted by Gasteiger charge is 2.48. The first kappa shape index (κ1) is 12.5. The van der Waals surface area contributed by atoms with Gasteiger partial charge in [-0.3, -0.25) is 0 Å². The highest BCUT2D eigenvalue weighted by atomic mass is 16.5. The predicted molar refractivity (Wildman–Crippen MR) is 66.5 cm³/mol. The van der Waals surface area contributed by atoms with E-state index in [-0.39, 0.29) is 5.41 Å². The maximum absolute atomic E-state index is 5.70. The van der Waals surface area contributed by atoms with E-state index in [9.17, 15) is 0 Å². The van der Waals surface area contributed by atoms with Gasteiger partial charge < -0.3 is 10.1 Å². The fourth-order valence-electron chi connectivity index (χ4n) is 2.35. The van der Waals surface area contributed by atoms with E-state index in [1.165, 1.54) is 0 Å². The minimum atomic E-state index is 0.199. The minimum absolute atomic E-state index is 0.199. The van der Waals surface area contributed by atoms with E-state index in [4.69, 9.17) is 4.74 Å². The fourth-order valence-corrected chi connectivity index (χ4v) is 2.35. The number of nitrogens with one attached hydrogen (secondary N) is 1. The van der Waals surface area contributed by atoms with E-state index in [1.54, 1.807) is 12.4 Å². The smallest absolute Gasteiger partial charge is 0.141 e. The number of ether oxygens (including phenoxy) is 1. The number of hydrogen-bond acceptors (Lipinski definition) is 4. The van der Waals surface area contributed by atoms with Crippen molar-refractivity contribution in [3.8, 4) is 0 Å². The van der Waals surface area contributed by atoms with Crippen LogP contribution in [-0.4, -0.2) is 28.7 Å². The molecule has 0 bridgehead atoms. The molecule has 0 saturated heterocycles. The summed E-state index contributed by atoms with van der Waals surface area (Å²) in [6.45, 7) is 8.08. The molecule has 0 spiro atoms. The van der Waals surface area contributed by atoms with Gasteiger partial charge in [-0.2, -0.15) is 0 Å². The third-order valence-electron chi connectivity index (χ3n) is 3.67. The van der Waals surface area contributed by atoms with Gasteiger partial charge in [0.25, 0.3) is 0 Å². The van der Waals surface area contributed by atoms with Crippen LogP contribution >= 0.6 is 0 Å². The Bertz CT molecular complexity index is 353. The van der Waals surface area contributed by atoms with Crippen LogP contribution in [0.3, 0.4) is 0 Å². The predicted octanol–water partition coefficient (Wildman–Crippen LogP) is 1.77. The van der Waals surface area contributed by atoms with Crippen LogP contribution in [0.2, 0.25) is 0 Å². The molecule has 94 valence electrons. The zero-order chi connectivity index (χ0) is 12.3. The molecule has 4 heteroatoms. The molecule has 1 N–H and O–H groups in total. The van der Waals surface area contributed by atoms with Crippen molar-refractivity contribution < 1.29 is 4.74 Å². The zero-order valence-corrected chi connectivity index (χ0v) is 10.8. The Morgan fingerprint density at radius 2 is 2.12 bits per heavy atom. The SMILES string of the molecule is CCOC1CC(NCc2ncccn2)C1(C)C. The fraction of sp³-hybridized carbons (Fsp3) is 0.692. The van der Waals surface area contributed by atoms with Crippen LogP contribution in [0, 0.1) is 5.41 Å². The van der Waals surface area contributed by atoms with E-state index in [0.29, 0.717) is 12.1 Å². The Labute approximate surface area is 103 Å². The normalized spacial score (nSPS) is 26.5. The van der Waals surface area contributed by atoms with Gasteiger partial charge in [0, 0.05) is 30.5 Å². The quantitative estimate of drug-likeness (QED) is 0.845. The van der Waals surface area contributed by atoms with Crippen LogP contribution in [0.5, 0.6) is 0 Å². The summed E-state index contributed by atoms with van der Waals surface area (Å²) in [6, 6.07) is 2.32. The summed E-state index contributed by atoms with van der Waals surface area (Å²) >= 11 is 0. The van der Waals surface area contributed by atoms with Gasteiger partial charge in [0.15, 0.2) is 0 Å². The number of aromatic nitrogens is 2. The molecule has 0 aliphatic heterocycles. The third kappa shape index (κ3) is 2.64. The molecule has 0 amide bonds. The van der Waals surface area contributed by atoms with Crippen LogP contribution in [-0.2, 0) is 11.3 Å². The molecular formula is C13H21N3O. The van der Waals surface area contributed by atoms with E-state index in [2.05, 4.69) is 36.1 Å². The van der Waals surface area contributed by atoms with E-state index < -0.39 is 0 Å². The van der Waals surface area contributed by atoms with E-state index in [0.717, 1.165) is 25.4 Å². The second-order valence-corrected chi connectivity index (χ2v) is 5.10. The van der Waals surface area contributed by atoms with Gasteiger partial charge in [-0.25, -0.2) is 9.97 Å². The topological polar surface area (TPSA) is 47.0 Å². The molecule has 1 aliphatic carbocycles. The molecule has 1 fully saturated rings. The van der Waals surface area contributed by atoms with Crippen LogP contribution in [0.25, 0.3) is 0 Å². The third-order valence-corrected chi connectivity index (χ3v) is 3.67. The van der Waals surface area contributed by atoms with Crippen LogP contribution < -0.4 is 5.32 Å². The van der Waals surface area contributed by atoms with Gasteiger partial charge >= 0.3 is 0 Å². The monoisotopic (exact) mass is 235 g/mol. The second kappa shape index (κ2) is 5.10. The first-order valence-electron chi connectivity index (χ1n) is 6.25. The van der Waals surface area contributed by atoms with Crippen molar-refractivity contribution in [1.29, 1.82) is 0 Å². The zero-order valence-electron chi connectivity index (χ0n) is 10.8. The van der Waals surface area contributed by atoms with Crippen molar-refractivity contribution in [3.63, 3.8) is 0 Å². The van der Waals surface area contributed by atoms with Crippen molar-refractivity contribution in [2.45, 2.75) is 45.9 Å². The van der Waals surface area contributed by atoms with Gasteiger partial charge in [0.05, 0.1) is 12.6 Å². The molecule has 0 aromatic carbocycles. The van der Waals surface area contributed by atoms with Crippen LogP contribution in [0.4, 0.5) is 0 Å². The summed E-state index contributed by atoms with van der Waals surface area (Å²) in [5.74, 6) is 0.850. The second-order valence-electron chi connectivity index (χ2n) is 5.10. The molecular weight excluding hydrogens is 214 g/mol. The highest BCUT2D eigenvalue weighted by molar-refractivity contribution is 5.03. The summed E-state index contributed by atoms with van der Waals surface area (Å²) in [7, 11) is 0. The molecule has 17 heavy (non-hydrogen) atoms. The van der Waals surface area contributed by atoms with Crippen molar-refractivity contribution in [1.82, 2.24) is 15.3 Å². The number of rotatable bonds is 5.